The summed E-state index contributed by atoms with van der Waals surface area (Å²) in [6.45, 7) is 0. The summed E-state index contributed by atoms with van der Waals surface area (Å²) in [6.07, 6.45) is 5.06. The van der Waals surface area contributed by atoms with Gasteiger partial charge in [-0.3, -0.25) is 9.59 Å². The van der Waals surface area contributed by atoms with Gasteiger partial charge in [0.1, 0.15) is 6.07 Å². The van der Waals surface area contributed by atoms with Crippen molar-refractivity contribution in [2.24, 2.45) is 23.7 Å². The first-order valence-corrected chi connectivity index (χ1v) is 8.18. The summed E-state index contributed by atoms with van der Waals surface area (Å²) in [5.74, 6) is -0.432. The van der Waals surface area contributed by atoms with Crippen LogP contribution in [0.1, 0.15) is 12.0 Å². The van der Waals surface area contributed by atoms with E-state index in [4.69, 9.17) is 0 Å². The normalized spacial score (nSPS) is 30.2. The van der Waals surface area contributed by atoms with Crippen molar-refractivity contribution in [1.82, 2.24) is 0 Å². The number of allylic oxidation sites excluding steroid dienone is 2. The number of nitriles is 1. The van der Waals surface area contributed by atoms with Gasteiger partial charge in [0, 0.05) is 5.39 Å². The minimum absolute atomic E-state index is 0.145. The molecule has 0 aromatic heterocycles. The fourth-order valence-electron chi connectivity index (χ4n) is 4.70. The first-order valence-electron chi connectivity index (χ1n) is 8.18. The summed E-state index contributed by atoms with van der Waals surface area (Å²) >= 11 is 0. The fraction of sp³-hybridized carbons (Fsp3) is 0.250. The highest BCUT2D eigenvalue weighted by Crippen LogP contribution is 2.53. The van der Waals surface area contributed by atoms with Crippen molar-refractivity contribution in [2.45, 2.75) is 6.42 Å². The molecule has 5 rings (SSSR count). The summed E-state index contributed by atoms with van der Waals surface area (Å²) in [6, 6.07) is 13.3. The quantitative estimate of drug-likeness (QED) is 0.600. The second-order valence-corrected chi connectivity index (χ2v) is 6.80. The van der Waals surface area contributed by atoms with Gasteiger partial charge in [0.25, 0.3) is 0 Å². The van der Waals surface area contributed by atoms with E-state index in [1.807, 2.05) is 30.3 Å². The molecule has 4 nitrogen and oxygen atoms in total. The third-order valence-corrected chi connectivity index (χ3v) is 5.73. The standard InChI is InChI=1S/C20H14N2O2/c21-10-15-14-4-2-1-3-11(14)7-8-16(15)22-19(23)17-12-5-6-13(9-12)18(17)20(22)24/h1-8,12-13,17-18H,9H2. The van der Waals surface area contributed by atoms with E-state index in [1.54, 1.807) is 6.07 Å². The number of amides is 2. The predicted molar refractivity (Wildman–Crippen MR) is 88.9 cm³/mol. The van der Waals surface area contributed by atoms with Gasteiger partial charge < -0.3 is 0 Å². The number of carbonyl (C=O) groups excluding carboxylic acids is 2. The molecule has 2 aromatic rings. The zero-order valence-corrected chi connectivity index (χ0v) is 12.8. The van der Waals surface area contributed by atoms with Crippen molar-refractivity contribution >= 4 is 28.3 Å². The number of nitrogens with zero attached hydrogens (tertiary/aromatic N) is 2. The monoisotopic (exact) mass is 314 g/mol. The van der Waals surface area contributed by atoms with Gasteiger partial charge in [-0.05, 0) is 29.7 Å². The molecule has 2 aromatic carbocycles. The van der Waals surface area contributed by atoms with E-state index < -0.39 is 0 Å². The van der Waals surface area contributed by atoms with Gasteiger partial charge >= 0.3 is 0 Å². The number of anilines is 1. The second-order valence-electron chi connectivity index (χ2n) is 6.80. The highest BCUT2D eigenvalue weighted by molar-refractivity contribution is 6.24. The molecule has 4 unspecified atom stereocenters. The van der Waals surface area contributed by atoms with Crippen molar-refractivity contribution in [3.63, 3.8) is 0 Å². The zero-order chi connectivity index (χ0) is 16.4. The number of rotatable bonds is 1. The lowest BCUT2D eigenvalue weighted by molar-refractivity contribution is -0.123. The van der Waals surface area contributed by atoms with Crippen molar-refractivity contribution < 1.29 is 9.59 Å². The van der Waals surface area contributed by atoms with Crippen molar-refractivity contribution in [3.8, 4) is 6.07 Å². The van der Waals surface area contributed by atoms with E-state index in [0.29, 0.717) is 11.3 Å². The Labute approximate surface area is 139 Å². The van der Waals surface area contributed by atoms with Crippen molar-refractivity contribution in [1.29, 1.82) is 5.26 Å². The maximum Gasteiger partial charge on any atom is 0.238 e. The molecular formula is C20H14N2O2. The zero-order valence-electron chi connectivity index (χ0n) is 12.8. The van der Waals surface area contributed by atoms with Crippen LogP contribution in [0.5, 0.6) is 0 Å². The van der Waals surface area contributed by atoms with E-state index in [1.165, 1.54) is 4.90 Å². The molecule has 1 saturated carbocycles. The smallest absolute Gasteiger partial charge is 0.238 e. The molecule has 0 radical (unpaired) electrons. The molecule has 1 aliphatic heterocycles. The molecule has 24 heavy (non-hydrogen) atoms. The highest BCUT2D eigenvalue weighted by atomic mass is 16.2. The average Bonchev–Trinajstić information content (AvgIpc) is 3.28. The SMILES string of the molecule is N#Cc1c(N2C(=O)C3C4C=CC(C4)C3C2=O)ccc2ccccc12. The van der Waals surface area contributed by atoms with Crippen LogP contribution in [0, 0.1) is 35.0 Å². The molecule has 116 valence electrons. The van der Waals surface area contributed by atoms with E-state index in [-0.39, 0.29) is 35.5 Å². The number of imide groups is 1. The maximum absolute atomic E-state index is 13.0. The predicted octanol–water partition coefficient (Wildman–Crippen LogP) is 3.02. The molecule has 2 fully saturated rings. The molecule has 2 bridgehead atoms. The molecule has 0 spiro atoms. The van der Waals surface area contributed by atoms with Gasteiger partial charge in [-0.2, -0.15) is 5.26 Å². The Morgan fingerprint density at radius 1 is 0.958 bits per heavy atom. The minimum atomic E-state index is -0.245. The molecule has 1 saturated heterocycles. The number of fused-ring (bicyclic) bond motifs is 6. The Kier molecular flexibility index (Phi) is 2.56. The summed E-state index contributed by atoms with van der Waals surface area (Å²) in [4.78, 5) is 27.2. The van der Waals surface area contributed by atoms with Crippen LogP contribution < -0.4 is 4.90 Å². The van der Waals surface area contributed by atoms with Crippen LogP contribution in [0.25, 0.3) is 10.8 Å². The summed E-state index contributed by atoms with van der Waals surface area (Å²) in [5.41, 5.74) is 0.829. The molecule has 4 heteroatoms. The van der Waals surface area contributed by atoms with Crippen LogP contribution in [-0.2, 0) is 9.59 Å². The summed E-state index contributed by atoms with van der Waals surface area (Å²) < 4.78 is 0. The largest absolute Gasteiger partial charge is 0.274 e. The van der Waals surface area contributed by atoms with Crippen LogP contribution >= 0.6 is 0 Å². The van der Waals surface area contributed by atoms with Gasteiger partial charge in [0.2, 0.25) is 11.8 Å². The Morgan fingerprint density at radius 2 is 1.62 bits per heavy atom. The van der Waals surface area contributed by atoms with Gasteiger partial charge in [0.15, 0.2) is 0 Å². The first-order chi connectivity index (χ1) is 11.7. The van der Waals surface area contributed by atoms with Crippen molar-refractivity contribution in [3.05, 3.63) is 54.1 Å². The first kappa shape index (κ1) is 13.5. The Hall–Kier alpha value is -2.93. The fourth-order valence-corrected chi connectivity index (χ4v) is 4.70. The van der Waals surface area contributed by atoms with Crippen LogP contribution in [0.4, 0.5) is 5.69 Å². The second kappa shape index (κ2) is 4.55. The van der Waals surface area contributed by atoms with Gasteiger partial charge in [-0.1, -0.05) is 42.5 Å². The van der Waals surface area contributed by atoms with Gasteiger partial charge in [0.05, 0.1) is 23.1 Å². The Balaban J connectivity index is 1.68. The van der Waals surface area contributed by atoms with E-state index in [2.05, 4.69) is 18.2 Å². The maximum atomic E-state index is 13.0. The van der Waals surface area contributed by atoms with Crippen molar-refractivity contribution in [2.75, 3.05) is 4.90 Å². The molecule has 2 amide bonds. The molecule has 0 N–H and O–H groups in total. The lowest BCUT2D eigenvalue weighted by Gasteiger charge is -2.19. The number of benzene rings is 2. The average molecular weight is 314 g/mol. The van der Waals surface area contributed by atoms with Crippen LogP contribution in [0.3, 0.4) is 0 Å². The minimum Gasteiger partial charge on any atom is -0.274 e. The summed E-state index contributed by atoms with van der Waals surface area (Å²) in [7, 11) is 0. The Morgan fingerprint density at radius 3 is 2.29 bits per heavy atom. The molecule has 3 aliphatic rings. The van der Waals surface area contributed by atoms with Gasteiger partial charge in [-0.15, -0.1) is 0 Å². The van der Waals surface area contributed by atoms with E-state index in [0.717, 1.165) is 17.2 Å². The molecular weight excluding hydrogens is 300 g/mol. The third kappa shape index (κ3) is 1.52. The lowest BCUT2D eigenvalue weighted by atomic mass is 9.85. The van der Waals surface area contributed by atoms with Crippen LogP contribution in [-0.4, -0.2) is 11.8 Å². The highest BCUT2D eigenvalue weighted by Gasteiger charge is 2.59. The molecule has 4 atom stereocenters. The van der Waals surface area contributed by atoms with Gasteiger partial charge in [-0.25, -0.2) is 4.90 Å². The van der Waals surface area contributed by atoms with Crippen LogP contribution in [0.15, 0.2) is 48.6 Å². The van der Waals surface area contributed by atoms with E-state index in [9.17, 15) is 14.9 Å². The Bertz CT molecular complexity index is 955. The summed E-state index contributed by atoms with van der Waals surface area (Å²) in [5, 5.41) is 11.4. The molecule has 2 aliphatic carbocycles. The van der Waals surface area contributed by atoms with Crippen LogP contribution in [0.2, 0.25) is 0 Å². The van der Waals surface area contributed by atoms with E-state index >= 15 is 0 Å². The number of hydrogen-bond acceptors (Lipinski definition) is 3. The number of carbonyl (C=O) groups is 2. The third-order valence-electron chi connectivity index (χ3n) is 5.73. The lowest BCUT2D eigenvalue weighted by Crippen LogP contribution is -2.33. The topological polar surface area (TPSA) is 61.2 Å². The molecule has 1 heterocycles. The number of hydrogen-bond donors (Lipinski definition) is 0.